The van der Waals surface area contributed by atoms with E-state index >= 15 is 0 Å². The maximum Gasteiger partial charge on any atom is 0.338 e. The SMILES string of the molecule is CCOC(=O)c1ccc(N2CCC(N(C(=O)CCc3ccccc3)[C@H]3C[C@@H]4C[C@@H]([C@H]3C)C4(C)C)CC2)cc1. The number of amides is 1. The molecule has 0 N–H and O–H groups in total. The van der Waals surface area contributed by atoms with Crippen molar-refractivity contribution in [1.82, 2.24) is 4.90 Å². The quantitative estimate of drug-likeness (QED) is 0.383. The largest absolute Gasteiger partial charge is 0.462 e. The zero-order chi connectivity index (χ0) is 26.9. The van der Waals surface area contributed by atoms with Crippen molar-refractivity contribution in [1.29, 1.82) is 0 Å². The van der Waals surface area contributed by atoms with Gasteiger partial charge in [-0.05, 0) is 92.0 Å². The van der Waals surface area contributed by atoms with Crippen LogP contribution in [0.5, 0.6) is 0 Å². The Bertz CT molecular complexity index is 1100. The van der Waals surface area contributed by atoms with Crippen LogP contribution in [0.15, 0.2) is 54.6 Å². The molecule has 4 atom stereocenters. The zero-order valence-corrected chi connectivity index (χ0v) is 23.6. The van der Waals surface area contributed by atoms with Gasteiger partial charge in [-0.3, -0.25) is 4.79 Å². The van der Waals surface area contributed by atoms with Crippen LogP contribution in [-0.4, -0.2) is 48.6 Å². The van der Waals surface area contributed by atoms with Crippen LogP contribution in [0.25, 0.3) is 0 Å². The van der Waals surface area contributed by atoms with Crippen molar-refractivity contribution in [2.45, 2.75) is 78.3 Å². The summed E-state index contributed by atoms with van der Waals surface area (Å²) in [6, 6.07) is 18.8. The summed E-state index contributed by atoms with van der Waals surface area (Å²) in [7, 11) is 0. The van der Waals surface area contributed by atoms with Crippen molar-refractivity contribution in [2.24, 2.45) is 23.2 Å². The first kappa shape index (κ1) is 26.8. The average Bonchev–Trinajstić information content (AvgIpc) is 2.94. The first-order valence-corrected chi connectivity index (χ1v) is 14.7. The highest BCUT2D eigenvalue weighted by molar-refractivity contribution is 5.89. The number of benzene rings is 2. The van der Waals surface area contributed by atoms with Gasteiger partial charge < -0.3 is 14.5 Å². The Kier molecular flexibility index (Phi) is 7.83. The highest BCUT2D eigenvalue weighted by atomic mass is 16.5. The zero-order valence-electron chi connectivity index (χ0n) is 23.6. The van der Waals surface area contributed by atoms with Gasteiger partial charge in [0.2, 0.25) is 5.91 Å². The molecule has 2 bridgehead atoms. The monoisotopic (exact) mass is 516 g/mol. The van der Waals surface area contributed by atoms with E-state index in [4.69, 9.17) is 4.74 Å². The first-order chi connectivity index (χ1) is 18.3. The Labute approximate surface area is 228 Å². The van der Waals surface area contributed by atoms with E-state index in [1.165, 1.54) is 12.0 Å². The molecule has 4 fully saturated rings. The van der Waals surface area contributed by atoms with E-state index in [0.717, 1.165) is 50.4 Å². The highest BCUT2D eigenvalue weighted by Crippen LogP contribution is 2.62. The summed E-state index contributed by atoms with van der Waals surface area (Å²) in [5.74, 6) is 2.06. The lowest BCUT2D eigenvalue weighted by Crippen LogP contribution is -2.64. The molecule has 0 spiro atoms. The molecule has 1 aliphatic heterocycles. The van der Waals surface area contributed by atoms with E-state index in [-0.39, 0.29) is 5.97 Å². The Hall–Kier alpha value is -2.82. The maximum absolute atomic E-state index is 13.9. The van der Waals surface area contributed by atoms with Gasteiger partial charge in [-0.25, -0.2) is 4.79 Å². The molecule has 38 heavy (non-hydrogen) atoms. The van der Waals surface area contributed by atoms with Gasteiger partial charge >= 0.3 is 5.97 Å². The number of aryl methyl sites for hydroxylation is 1. The van der Waals surface area contributed by atoms with Gasteiger partial charge in [0.05, 0.1) is 12.2 Å². The molecule has 1 heterocycles. The van der Waals surface area contributed by atoms with Crippen molar-refractivity contribution in [3.63, 3.8) is 0 Å². The van der Waals surface area contributed by atoms with Gasteiger partial charge in [-0.2, -0.15) is 0 Å². The number of ether oxygens (including phenoxy) is 1. The molecule has 3 aliphatic carbocycles. The van der Waals surface area contributed by atoms with Crippen molar-refractivity contribution in [3.05, 3.63) is 65.7 Å². The molecular weight excluding hydrogens is 472 g/mol. The van der Waals surface area contributed by atoms with Crippen molar-refractivity contribution >= 4 is 17.6 Å². The third kappa shape index (κ3) is 5.21. The van der Waals surface area contributed by atoms with Crippen LogP contribution in [0, 0.1) is 23.2 Å². The summed E-state index contributed by atoms with van der Waals surface area (Å²) in [5.41, 5.74) is 3.37. The minimum Gasteiger partial charge on any atom is -0.462 e. The third-order valence-corrected chi connectivity index (χ3v) is 10.0. The lowest BCUT2D eigenvalue weighted by atomic mass is 9.44. The van der Waals surface area contributed by atoms with Gasteiger partial charge in [0.15, 0.2) is 0 Å². The van der Waals surface area contributed by atoms with Gasteiger partial charge in [0, 0.05) is 37.3 Å². The Morgan fingerprint density at radius 2 is 1.68 bits per heavy atom. The third-order valence-electron chi connectivity index (χ3n) is 10.0. The summed E-state index contributed by atoms with van der Waals surface area (Å²) < 4.78 is 5.12. The number of anilines is 1. The van der Waals surface area contributed by atoms with Crippen molar-refractivity contribution in [3.8, 4) is 0 Å². The van der Waals surface area contributed by atoms with Crippen LogP contribution >= 0.6 is 0 Å². The predicted molar refractivity (Wildman–Crippen MR) is 152 cm³/mol. The fourth-order valence-electron chi connectivity index (χ4n) is 7.60. The summed E-state index contributed by atoms with van der Waals surface area (Å²) >= 11 is 0. The molecule has 2 aromatic rings. The lowest BCUT2D eigenvalue weighted by Gasteiger charge is -2.64. The number of esters is 1. The normalized spacial score (nSPS) is 26.4. The van der Waals surface area contributed by atoms with E-state index in [9.17, 15) is 9.59 Å². The highest BCUT2D eigenvalue weighted by Gasteiger charge is 2.58. The van der Waals surface area contributed by atoms with E-state index in [1.54, 1.807) is 0 Å². The molecule has 1 amide bonds. The summed E-state index contributed by atoms with van der Waals surface area (Å²) in [5, 5.41) is 0. The molecule has 5 heteroatoms. The second-order valence-corrected chi connectivity index (χ2v) is 12.3. The van der Waals surface area contributed by atoms with Crippen LogP contribution in [-0.2, 0) is 16.0 Å². The lowest BCUT2D eigenvalue weighted by molar-refractivity contribution is -0.164. The van der Waals surface area contributed by atoms with Gasteiger partial charge in [-0.15, -0.1) is 0 Å². The number of nitrogens with zero attached hydrogens (tertiary/aromatic N) is 2. The smallest absolute Gasteiger partial charge is 0.338 e. The predicted octanol–water partition coefficient (Wildman–Crippen LogP) is 6.36. The van der Waals surface area contributed by atoms with Crippen molar-refractivity contribution in [2.75, 3.05) is 24.6 Å². The van der Waals surface area contributed by atoms with Crippen LogP contribution in [0.1, 0.15) is 75.7 Å². The van der Waals surface area contributed by atoms with Gasteiger partial charge in [0.1, 0.15) is 0 Å². The Morgan fingerprint density at radius 1 is 1.00 bits per heavy atom. The number of carbonyl (C=O) groups is 2. The van der Waals surface area contributed by atoms with Crippen LogP contribution in [0.2, 0.25) is 0 Å². The summed E-state index contributed by atoms with van der Waals surface area (Å²) in [4.78, 5) is 30.7. The molecular formula is C33H44N2O3. The van der Waals surface area contributed by atoms with Crippen LogP contribution in [0.4, 0.5) is 5.69 Å². The molecule has 0 unspecified atom stereocenters. The molecule has 5 nitrogen and oxygen atoms in total. The molecule has 6 rings (SSSR count). The topological polar surface area (TPSA) is 49.9 Å². The fraction of sp³-hybridized carbons (Fsp3) is 0.576. The Morgan fingerprint density at radius 3 is 2.29 bits per heavy atom. The Balaban J connectivity index is 1.27. The number of hydrogen-bond acceptors (Lipinski definition) is 4. The summed E-state index contributed by atoms with van der Waals surface area (Å²) in [6.45, 7) is 11.3. The maximum atomic E-state index is 13.9. The number of piperidine rings is 1. The molecule has 3 saturated carbocycles. The van der Waals surface area contributed by atoms with E-state index in [0.29, 0.717) is 53.8 Å². The number of carbonyl (C=O) groups excluding carboxylic acids is 2. The minimum atomic E-state index is -0.273. The van der Waals surface area contributed by atoms with E-state index in [1.807, 2.05) is 37.3 Å². The van der Waals surface area contributed by atoms with Crippen molar-refractivity contribution < 1.29 is 14.3 Å². The van der Waals surface area contributed by atoms with Gasteiger partial charge in [0.25, 0.3) is 0 Å². The standard InChI is InChI=1S/C33H44N2O3/c1-5-38-32(37)25-12-14-27(15-13-25)34-19-17-28(18-20-34)35(31(36)16-11-24-9-7-6-8-10-24)30-22-26-21-29(23(30)2)33(26,3)4/h6-10,12-15,23,26,28-30H,5,11,16-22H2,1-4H3/t23-,26+,29+,30+/m1/s1. The van der Waals surface area contributed by atoms with E-state index in [2.05, 4.69) is 54.8 Å². The average molecular weight is 517 g/mol. The second-order valence-electron chi connectivity index (χ2n) is 12.3. The van der Waals surface area contributed by atoms with Crippen LogP contribution < -0.4 is 4.90 Å². The first-order valence-electron chi connectivity index (χ1n) is 14.7. The summed E-state index contributed by atoms with van der Waals surface area (Å²) in [6.07, 6.45) is 5.84. The minimum absolute atomic E-state index is 0.273. The molecule has 204 valence electrons. The molecule has 1 saturated heterocycles. The van der Waals surface area contributed by atoms with Gasteiger partial charge in [-0.1, -0.05) is 51.1 Å². The molecule has 0 aromatic heterocycles. The molecule has 0 radical (unpaired) electrons. The number of rotatable bonds is 8. The number of fused-ring (bicyclic) bond motifs is 2. The fourth-order valence-corrected chi connectivity index (χ4v) is 7.60. The second kappa shape index (κ2) is 11.1. The van der Waals surface area contributed by atoms with Crippen LogP contribution in [0.3, 0.4) is 0 Å². The molecule has 4 aliphatic rings. The molecule has 2 aromatic carbocycles. The van der Waals surface area contributed by atoms with E-state index < -0.39 is 0 Å². The number of hydrogen-bond donors (Lipinski definition) is 0.